The second kappa shape index (κ2) is 7.05. The zero-order chi connectivity index (χ0) is 13.1. The van der Waals surface area contributed by atoms with Crippen LogP contribution in [0.1, 0.15) is 12.5 Å². The molecule has 0 spiro atoms. The van der Waals surface area contributed by atoms with Crippen LogP contribution < -0.4 is 5.32 Å². The summed E-state index contributed by atoms with van der Waals surface area (Å²) in [6.45, 7) is 5.78. The minimum absolute atomic E-state index is 0. The van der Waals surface area contributed by atoms with Gasteiger partial charge in [0.05, 0.1) is 9.95 Å². The number of benzene rings is 1. The Bertz CT molecular complexity index is 457. The average Bonchev–Trinajstić information content (AvgIpc) is 2.31. The van der Waals surface area contributed by atoms with Crippen LogP contribution in [-0.4, -0.2) is 35.5 Å². The number of nitrogens with zero attached hydrogens (tertiary/aromatic N) is 2. The third kappa shape index (κ3) is 4.31. The predicted octanol–water partition coefficient (Wildman–Crippen LogP) is 2.46. The van der Waals surface area contributed by atoms with E-state index in [-0.39, 0.29) is 18.1 Å². The van der Waals surface area contributed by atoms with Gasteiger partial charge >= 0.3 is 0 Å². The van der Waals surface area contributed by atoms with Gasteiger partial charge in [0, 0.05) is 44.4 Å². The fourth-order valence-corrected chi connectivity index (χ4v) is 2.41. The van der Waals surface area contributed by atoms with E-state index in [0.29, 0.717) is 11.1 Å². The van der Waals surface area contributed by atoms with Gasteiger partial charge in [0.25, 0.3) is 5.69 Å². The van der Waals surface area contributed by atoms with Crippen LogP contribution in [0.3, 0.4) is 0 Å². The maximum atomic E-state index is 10.6. The fourth-order valence-electron chi connectivity index (χ4n) is 2.17. The van der Waals surface area contributed by atoms with E-state index >= 15 is 0 Å². The van der Waals surface area contributed by atoms with Crippen molar-refractivity contribution in [2.75, 3.05) is 19.6 Å². The summed E-state index contributed by atoms with van der Waals surface area (Å²) in [6.07, 6.45) is 0. The first-order valence-electron chi connectivity index (χ1n) is 5.95. The minimum Gasteiger partial charge on any atom is -0.312 e. The number of rotatable bonds is 3. The van der Waals surface area contributed by atoms with E-state index in [1.165, 1.54) is 12.1 Å². The molecule has 1 heterocycles. The largest absolute Gasteiger partial charge is 0.312 e. The first kappa shape index (κ1) is 16.2. The van der Waals surface area contributed by atoms with E-state index in [9.17, 15) is 10.1 Å². The van der Waals surface area contributed by atoms with E-state index in [1.54, 1.807) is 6.07 Å². The molecule has 1 saturated heterocycles. The molecule has 1 atom stereocenters. The summed E-state index contributed by atoms with van der Waals surface area (Å²) < 4.78 is 0. The highest BCUT2D eigenvalue weighted by atomic mass is 35.5. The van der Waals surface area contributed by atoms with E-state index in [2.05, 4.69) is 17.1 Å². The number of nitrogens with one attached hydrogen (secondary N) is 1. The van der Waals surface area contributed by atoms with E-state index in [0.717, 1.165) is 31.7 Å². The third-order valence-corrected chi connectivity index (χ3v) is 3.45. The molecule has 2 rings (SSSR count). The molecule has 0 aliphatic carbocycles. The molecule has 7 heteroatoms. The van der Waals surface area contributed by atoms with Gasteiger partial charge in [-0.05, 0) is 18.6 Å². The molecule has 0 aromatic heterocycles. The van der Waals surface area contributed by atoms with Gasteiger partial charge in [0.15, 0.2) is 0 Å². The van der Waals surface area contributed by atoms with Crippen molar-refractivity contribution in [2.45, 2.75) is 19.5 Å². The lowest BCUT2D eigenvalue weighted by molar-refractivity contribution is -0.384. The molecular weight excluding hydrogens is 289 g/mol. The van der Waals surface area contributed by atoms with Crippen molar-refractivity contribution in [1.82, 2.24) is 10.2 Å². The maximum Gasteiger partial charge on any atom is 0.270 e. The van der Waals surface area contributed by atoms with Crippen LogP contribution in [-0.2, 0) is 6.54 Å². The number of nitro benzene ring substituents is 1. The summed E-state index contributed by atoms with van der Waals surface area (Å²) in [4.78, 5) is 12.5. The molecule has 106 valence electrons. The summed E-state index contributed by atoms with van der Waals surface area (Å²) in [6, 6.07) is 5.14. The molecular formula is C12H17Cl2N3O2. The van der Waals surface area contributed by atoms with Gasteiger partial charge < -0.3 is 5.32 Å². The molecule has 1 aliphatic rings. The molecule has 1 unspecified atom stereocenters. The van der Waals surface area contributed by atoms with Crippen molar-refractivity contribution < 1.29 is 4.92 Å². The van der Waals surface area contributed by atoms with E-state index < -0.39 is 4.92 Å². The molecule has 0 saturated carbocycles. The van der Waals surface area contributed by atoms with Crippen LogP contribution in [0.2, 0.25) is 5.02 Å². The molecule has 5 nitrogen and oxygen atoms in total. The summed E-state index contributed by atoms with van der Waals surface area (Å²) in [5, 5.41) is 14.5. The predicted molar refractivity (Wildman–Crippen MR) is 78.1 cm³/mol. The minimum atomic E-state index is -0.428. The Hall–Kier alpha value is -0.880. The topological polar surface area (TPSA) is 58.4 Å². The highest BCUT2D eigenvalue weighted by molar-refractivity contribution is 6.31. The molecule has 19 heavy (non-hydrogen) atoms. The van der Waals surface area contributed by atoms with Gasteiger partial charge in [-0.25, -0.2) is 0 Å². The SMILES string of the molecule is CC1CN(Cc2ccc([N+](=O)[O-])cc2Cl)CCN1.Cl. The molecule has 1 fully saturated rings. The zero-order valence-electron chi connectivity index (χ0n) is 10.6. The molecule has 0 radical (unpaired) electrons. The molecule has 1 N–H and O–H groups in total. The monoisotopic (exact) mass is 305 g/mol. The smallest absolute Gasteiger partial charge is 0.270 e. The summed E-state index contributed by atoms with van der Waals surface area (Å²) in [5.41, 5.74) is 0.980. The Kier molecular flexibility index (Phi) is 6.00. The number of piperazine rings is 1. The molecule has 1 aliphatic heterocycles. The lowest BCUT2D eigenvalue weighted by atomic mass is 10.1. The average molecular weight is 306 g/mol. The summed E-state index contributed by atoms with van der Waals surface area (Å²) in [5.74, 6) is 0. The molecule has 0 amide bonds. The van der Waals surface area contributed by atoms with E-state index in [4.69, 9.17) is 11.6 Å². The van der Waals surface area contributed by atoms with Gasteiger partial charge in [0.2, 0.25) is 0 Å². The number of nitro groups is 1. The zero-order valence-corrected chi connectivity index (χ0v) is 12.2. The Morgan fingerprint density at radius 2 is 2.32 bits per heavy atom. The van der Waals surface area contributed by atoms with Crippen LogP contribution in [0, 0.1) is 10.1 Å². The van der Waals surface area contributed by atoms with Crippen LogP contribution in [0.25, 0.3) is 0 Å². The Morgan fingerprint density at radius 1 is 1.58 bits per heavy atom. The van der Waals surface area contributed by atoms with Crippen molar-refractivity contribution >= 4 is 29.7 Å². The highest BCUT2D eigenvalue weighted by Crippen LogP contribution is 2.23. The quantitative estimate of drug-likeness (QED) is 0.688. The van der Waals surface area contributed by atoms with Gasteiger partial charge in [-0.3, -0.25) is 15.0 Å². The fraction of sp³-hybridized carbons (Fsp3) is 0.500. The van der Waals surface area contributed by atoms with Crippen molar-refractivity contribution in [3.8, 4) is 0 Å². The van der Waals surface area contributed by atoms with Crippen molar-refractivity contribution in [3.63, 3.8) is 0 Å². The first-order valence-corrected chi connectivity index (χ1v) is 6.32. The molecule has 1 aromatic rings. The van der Waals surface area contributed by atoms with E-state index in [1.807, 2.05) is 0 Å². The lowest BCUT2D eigenvalue weighted by Crippen LogP contribution is -2.48. The number of hydrogen-bond acceptors (Lipinski definition) is 4. The second-order valence-corrected chi connectivity index (χ2v) is 5.03. The van der Waals surface area contributed by atoms with Crippen LogP contribution in [0.15, 0.2) is 18.2 Å². The highest BCUT2D eigenvalue weighted by Gasteiger charge is 2.17. The van der Waals surface area contributed by atoms with Crippen molar-refractivity contribution in [2.24, 2.45) is 0 Å². The van der Waals surface area contributed by atoms with Crippen LogP contribution in [0.4, 0.5) is 5.69 Å². The Balaban J connectivity index is 0.00000180. The van der Waals surface area contributed by atoms with Crippen LogP contribution >= 0.6 is 24.0 Å². The number of hydrogen-bond donors (Lipinski definition) is 1. The van der Waals surface area contributed by atoms with Gasteiger partial charge in [0.1, 0.15) is 0 Å². The molecule has 1 aromatic carbocycles. The van der Waals surface area contributed by atoms with Gasteiger partial charge in [-0.1, -0.05) is 11.6 Å². The van der Waals surface area contributed by atoms with Crippen molar-refractivity contribution in [1.29, 1.82) is 0 Å². The van der Waals surface area contributed by atoms with Gasteiger partial charge in [-0.15, -0.1) is 12.4 Å². The first-order chi connectivity index (χ1) is 8.56. The summed E-state index contributed by atoms with van der Waals surface area (Å²) >= 11 is 6.08. The summed E-state index contributed by atoms with van der Waals surface area (Å²) in [7, 11) is 0. The lowest BCUT2D eigenvalue weighted by Gasteiger charge is -2.31. The Morgan fingerprint density at radius 3 is 2.89 bits per heavy atom. The Labute approximate surface area is 123 Å². The second-order valence-electron chi connectivity index (χ2n) is 4.62. The van der Waals surface area contributed by atoms with Gasteiger partial charge in [-0.2, -0.15) is 0 Å². The normalized spacial score (nSPS) is 19.8. The standard InChI is InChI=1S/C12H16ClN3O2.ClH/c1-9-7-15(5-4-14-9)8-10-2-3-11(16(17)18)6-12(10)13;/h2-3,6,9,14H,4-5,7-8H2,1H3;1H. The van der Waals surface area contributed by atoms with Crippen LogP contribution in [0.5, 0.6) is 0 Å². The third-order valence-electron chi connectivity index (χ3n) is 3.09. The maximum absolute atomic E-state index is 10.6. The van der Waals surface area contributed by atoms with Crippen molar-refractivity contribution in [3.05, 3.63) is 38.9 Å². The molecule has 0 bridgehead atoms. The number of non-ortho nitro benzene ring substituents is 1. The number of halogens is 2.